The van der Waals surface area contributed by atoms with Gasteiger partial charge in [-0.2, -0.15) is 0 Å². The number of carbonyl (C=O) groups excluding carboxylic acids is 1. The number of H-pyrrole nitrogens is 1. The second kappa shape index (κ2) is 10.4. The SMILES string of the molecule is CCOC(=O)Cn1nnnc1CN(Cc1ccc2c(c1)OCO2)Cc1cc2cc(C)c(C)cc2[nH]c1=O. The van der Waals surface area contributed by atoms with Gasteiger partial charge in [-0.15, -0.1) is 5.10 Å². The topological polar surface area (TPSA) is 124 Å². The Bertz CT molecular complexity index is 1510. The molecule has 0 aliphatic carbocycles. The lowest BCUT2D eigenvalue weighted by Gasteiger charge is -2.22. The maximum absolute atomic E-state index is 13.0. The molecule has 192 valence electrons. The average Bonchev–Trinajstić information content (AvgIpc) is 3.50. The van der Waals surface area contributed by atoms with E-state index >= 15 is 0 Å². The fraction of sp³-hybridized carbons (Fsp3) is 0.346. The Morgan fingerprint density at radius 2 is 1.89 bits per heavy atom. The molecule has 1 aliphatic rings. The monoisotopic (exact) mass is 504 g/mol. The van der Waals surface area contributed by atoms with Crippen LogP contribution in [0.2, 0.25) is 0 Å². The molecule has 0 radical (unpaired) electrons. The van der Waals surface area contributed by atoms with Crippen molar-refractivity contribution in [3.63, 3.8) is 0 Å². The van der Waals surface area contributed by atoms with E-state index in [-0.39, 0.29) is 25.5 Å². The Balaban J connectivity index is 1.45. The second-order valence-electron chi connectivity index (χ2n) is 9.04. The van der Waals surface area contributed by atoms with E-state index in [0.717, 1.165) is 27.6 Å². The van der Waals surface area contributed by atoms with Crippen LogP contribution in [0, 0.1) is 13.8 Å². The molecule has 0 saturated carbocycles. The molecule has 2 aromatic heterocycles. The largest absolute Gasteiger partial charge is 0.465 e. The first-order valence-corrected chi connectivity index (χ1v) is 12.0. The average molecular weight is 505 g/mol. The highest BCUT2D eigenvalue weighted by atomic mass is 16.7. The molecule has 0 bridgehead atoms. The van der Waals surface area contributed by atoms with Crippen LogP contribution in [0.5, 0.6) is 11.5 Å². The van der Waals surface area contributed by atoms with E-state index < -0.39 is 5.97 Å². The Kier molecular flexibility index (Phi) is 6.87. The van der Waals surface area contributed by atoms with Gasteiger partial charge in [-0.1, -0.05) is 6.07 Å². The molecule has 0 spiro atoms. The van der Waals surface area contributed by atoms with Crippen LogP contribution < -0.4 is 15.0 Å². The quantitative estimate of drug-likeness (QED) is 0.343. The molecular formula is C26H28N6O5. The van der Waals surface area contributed by atoms with Crippen LogP contribution in [0.15, 0.2) is 41.2 Å². The molecule has 11 heteroatoms. The van der Waals surface area contributed by atoms with E-state index in [1.54, 1.807) is 6.92 Å². The van der Waals surface area contributed by atoms with Crippen LogP contribution >= 0.6 is 0 Å². The minimum absolute atomic E-state index is 0.0940. The van der Waals surface area contributed by atoms with E-state index in [4.69, 9.17) is 14.2 Å². The molecular weight excluding hydrogens is 476 g/mol. The Labute approximate surface area is 212 Å². The van der Waals surface area contributed by atoms with Crippen molar-refractivity contribution in [1.82, 2.24) is 30.1 Å². The third-order valence-electron chi connectivity index (χ3n) is 6.33. The number of esters is 1. The summed E-state index contributed by atoms with van der Waals surface area (Å²) in [6.07, 6.45) is 0. The third kappa shape index (κ3) is 5.46. The van der Waals surface area contributed by atoms with E-state index in [1.807, 2.05) is 42.2 Å². The highest BCUT2D eigenvalue weighted by molar-refractivity contribution is 5.80. The zero-order valence-electron chi connectivity index (χ0n) is 21.0. The summed E-state index contributed by atoms with van der Waals surface area (Å²) in [6.45, 7) is 7.30. The number of aryl methyl sites for hydroxylation is 2. The van der Waals surface area contributed by atoms with Gasteiger partial charge in [0.25, 0.3) is 5.56 Å². The summed E-state index contributed by atoms with van der Waals surface area (Å²) in [5.41, 5.74) is 4.50. The van der Waals surface area contributed by atoms with Gasteiger partial charge in [0.15, 0.2) is 17.3 Å². The number of carbonyl (C=O) groups is 1. The molecule has 1 N–H and O–H groups in total. The molecule has 0 amide bonds. The summed E-state index contributed by atoms with van der Waals surface area (Å²) in [7, 11) is 0. The van der Waals surface area contributed by atoms with Crippen molar-refractivity contribution in [2.75, 3.05) is 13.4 Å². The van der Waals surface area contributed by atoms with E-state index in [0.29, 0.717) is 42.5 Å². The number of fused-ring (bicyclic) bond motifs is 2. The molecule has 2 aromatic carbocycles. The lowest BCUT2D eigenvalue weighted by Crippen LogP contribution is -2.28. The van der Waals surface area contributed by atoms with Crippen molar-refractivity contribution in [2.24, 2.45) is 0 Å². The van der Waals surface area contributed by atoms with Crippen molar-refractivity contribution in [3.8, 4) is 11.5 Å². The highest BCUT2D eigenvalue weighted by Gasteiger charge is 2.19. The minimum atomic E-state index is -0.421. The van der Waals surface area contributed by atoms with Crippen LogP contribution in [0.4, 0.5) is 0 Å². The predicted octanol–water partition coefficient (Wildman–Crippen LogP) is 2.63. The lowest BCUT2D eigenvalue weighted by atomic mass is 10.0. The standard InChI is InChI=1S/C26H28N6O5/c1-4-35-25(33)14-32-24(28-29-30-32)13-31(11-18-5-6-22-23(9-18)37-15-36-22)12-20-10-19-7-16(2)17(3)8-21(19)27-26(20)34/h5-10H,4,11-15H2,1-3H3,(H,27,34). The van der Waals surface area contributed by atoms with Gasteiger partial charge in [-0.3, -0.25) is 14.5 Å². The number of benzene rings is 2. The zero-order valence-corrected chi connectivity index (χ0v) is 21.0. The molecule has 37 heavy (non-hydrogen) atoms. The van der Waals surface area contributed by atoms with Gasteiger partial charge in [-0.05, 0) is 83.6 Å². The maximum atomic E-state index is 13.0. The lowest BCUT2D eigenvalue weighted by molar-refractivity contribution is -0.144. The molecule has 11 nitrogen and oxygen atoms in total. The van der Waals surface area contributed by atoms with Crippen molar-refractivity contribution in [2.45, 2.75) is 47.0 Å². The van der Waals surface area contributed by atoms with Gasteiger partial charge in [0.2, 0.25) is 6.79 Å². The van der Waals surface area contributed by atoms with Gasteiger partial charge < -0.3 is 19.2 Å². The van der Waals surface area contributed by atoms with Crippen LogP contribution in [0.25, 0.3) is 10.9 Å². The fourth-order valence-corrected chi connectivity index (χ4v) is 4.33. The van der Waals surface area contributed by atoms with Gasteiger partial charge in [0.05, 0.1) is 13.2 Å². The number of pyridine rings is 1. The van der Waals surface area contributed by atoms with Crippen molar-refractivity contribution in [3.05, 3.63) is 74.8 Å². The second-order valence-corrected chi connectivity index (χ2v) is 9.04. The van der Waals surface area contributed by atoms with Crippen LogP contribution in [-0.2, 0) is 35.7 Å². The molecule has 0 fully saturated rings. The molecule has 5 rings (SSSR count). The summed E-state index contributed by atoms with van der Waals surface area (Å²) < 4.78 is 17.4. The molecule has 1 aliphatic heterocycles. The molecule has 3 heterocycles. The Morgan fingerprint density at radius 1 is 1.08 bits per heavy atom. The first-order chi connectivity index (χ1) is 17.9. The van der Waals surface area contributed by atoms with Gasteiger partial charge in [0, 0.05) is 24.2 Å². The van der Waals surface area contributed by atoms with E-state index in [9.17, 15) is 9.59 Å². The normalized spacial score (nSPS) is 12.4. The molecule has 0 unspecified atom stereocenters. The summed E-state index contributed by atoms with van der Waals surface area (Å²) in [4.78, 5) is 30.1. The maximum Gasteiger partial charge on any atom is 0.327 e. The van der Waals surface area contributed by atoms with Crippen LogP contribution in [-0.4, -0.2) is 49.5 Å². The van der Waals surface area contributed by atoms with Crippen molar-refractivity contribution >= 4 is 16.9 Å². The Morgan fingerprint density at radius 3 is 2.73 bits per heavy atom. The number of aromatic amines is 1. The predicted molar refractivity (Wildman–Crippen MR) is 134 cm³/mol. The fourth-order valence-electron chi connectivity index (χ4n) is 4.33. The highest BCUT2D eigenvalue weighted by Crippen LogP contribution is 2.33. The third-order valence-corrected chi connectivity index (χ3v) is 6.33. The van der Waals surface area contributed by atoms with Crippen molar-refractivity contribution in [1.29, 1.82) is 0 Å². The summed E-state index contributed by atoms with van der Waals surface area (Å²) >= 11 is 0. The summed E-state index contributed by atoms with van der Waals surface area (Å²) in [6, 6.07) is 11.7. The molecule has 4 aromatic rings. The van der Waals surface area contributed by atoms with Crippen molar-refractivity contribution < 1.29 is 19.0 Å². The first-order valence-electron chi connectivity index (χ1n) is 12.0. The number of aromatic nitrogens is 5. The Hall–Kier alpha value is -4.25. The van der Waals surface area contributed by atoms with Gasteiger partial charge >= 0.3 is 5.97 Å². The zero-order chi connectivity index (χ0) is 25.9. The number of hydrogen-bond acceptors (Lipinski definition) is 9. The number of rotatable bonds is 9. The number of nitrogens with zero attached hydrogens (tertiary/aromatic N) is 5. The number of tetrazole rings is 1. The first kappa shape index (κ1) is 24.4. The van der Waals surface area contributed by atoms with Gasteiger partial charge in [-0.25, -0.2) is 4.68 Å². The van der Waals surface area contributed by atoms with E-state index in [1.165, 1.54) is 4.68 Å². The van der Waals surface area contributed by atoms with Crippen LogP contribution in [0.1, 0.15) is 35.0 Å². The molecule has 0 atom stereocenters. The molecule has 0 saturated heterocycles. The van der Waals surface area contributed by atoms with E-state index in [2.05, 4.69) is 33.5 Å². The summed E-state index contributed by atoms with van der Waals surface area (Å²) in [5.74, 6) is 1.44. The van der Waals surface area contributed by atoms with Crippen LogP contribution in [0.3, 0.4) is 0 Å². The number of nitrogens with one attached hydrogen (secondary N) is 1. The number of ether oxygens (including phenoxy) is 3. The smallest absolute Gasteiger partial charge is 0.327 e. The number of hydrogen-bond donors (Lipinski definition) is 1. The summed E-state index contributed by atoms with van der Waals surface area (Å²) in [5, 5.41) is 12.8. The van der Waals surface area contributed by atoms with Gasteiger partial charge in [0.1, 0.15) is 6.54 Å². The minimum Gasteiger partial charge on any atom is -0.465 e.